The molecule has 2 aromatic rings. The highest BCUT2D eigenvalue weighted by molar-refractivity contribution is 6.12. The molecule has 0 fully saturated rings. The van der Waals surface area contributed by atoms with Gasteiger partial charge in [0.1, 0.15) is 11.6 Å². The van der Waals surface area contributed by atoms with E-state index in [1.54, 1.807) is 6.07 Å². The summed E-state index contributed by atoms with van der Waals surface area (Å²) < 4.78 is 39.0. The van der Waals surface area contributed by atoms with Gasteiger partial charge >= 0.3 is 6.61 Å². The average molecular weight is 319 g/mol. The standard InChI is InChI=1S/C16H11F2NO4/c1-21-12-5-4-10(8-14(12)23-16(17)18)7-11(9-19)15(20)13-3-2-6-22-13/h2-8,16H,1H3/b11-7+. The minimum atomic E-state index is -3.02. The largest absolute Gasteiger partial charge is 0.493 e. The van der Waals surface area contributed by atoms with Crippen molar-refractivity contribution >= 4 is 11.9 Å². The van der Waals surface area contributed by atoms with Crippen LogP contribution in [0.2, 0.25) is 0 Å². The van der Waals surface area contributed by atoms with Gasteiger partial charge in [-0.15, -0.1) is 0 Å². The van der Waals surface area contributed by atoms with Crippen molar-refractivity contribution in [3.63, 3.8) is 0 Å². The molecule has 0 atom stereocenters. The lowest BCUT2D eigenvalue weighted by Gasteiger charge is -2.10. The topological polar surface area (TPSA) is 72.5 Å². The Hall–Kier alpha value is -3.14. The number of allylic oxidation sites excluding steroid dienone is 1. The minimum Gasteiger partial charge on any atom is -0.493 e. The summed E-state index contributed by atoms with van der Waals surface area (Å²) in [6, 6.07) is 8.85. The van der Waals surface area contributed by atoms with E-state index in [-0.39, 0.29) is 22.8 Å². The fourth-order valence-corrected chi connectivity index (χ4v) is 1.83. The van der Waals surface area contributed by atoms with Crippen LogP contribution in [0.25, 0.3) is 6.08 Å². The van der Waals surface area contributed by atoms with Crippen LogP contribution in [-0.2, 0) is 0 Å². The second kappa shape index (κ2) is 7.22. The number of alkyl halides is 2. The minimum absolute atomic E-state index is 0.00960. The number of hydrogen-bond acceptors (Lipinski definition) is 5. The van der Waals surface area contributed by atoms with Crippen LogP contribution in [0.15, 0.2) is 46.6 Å². The molecule has 1 heterocycles. The summed E-state index contributed by atoms with van der Waals surface area (Å²) in [5, 5.41) is 9.12. The van der Waals surface area contributed by atoms with Crippen molar-refractivity contribution in [3.05, 3.63) is 53.5 Å². The lowest BCUT2D eigenvalue weighted by molar-refractivity contribution is -0.0512. The van der Waals surface area contributed by atoms with Gasteiger partial charge in [0.05, 0.1) is 13.4 Å². The Morgan fingerprint density at radius 2 is 2.13 bits per heavy atom. The maximum atomic E-state index is 12.4. The van der Waals surface area contributed by atoms with Crippen LogP contribution in [-0.4, -0.2) is 19.5 Å². The van der Waals surface area contributed by atoms with Crippen LogP contribution in [0.3, 0.4) is 0 Å². The second-order valence-electron chi connectivity index (χ2n) is 4.27. The Balaban J connectivity index is 2.36. The Labute approximate surface area is 130 Å². The summed E-state index contributed by atoms with van der Waals surface area (Å²) in [4.78, 5) is 12.1. The molecule has 7 heteroatoms. The molecule has 0 saturated carbocycles. The lowest BCUT2D eigenvalue weighted by Crippen LogP contribution is -2.04. The smallest absolute Gasteiger partial charge is 0.387 e. The van der Waals surface area contributed by atoms with Crippen LogP contribution in [0.1, 0.15) is 16.1 Å². The zero-order valence-electron chi connectivity index (χ0n) is 12.0. The number of benzene rings is 1. The van der Waals surface area contributed by atoms with E-state index < -0.39 is 12.4 Å². The molecule has 0 saturated heterocycles. The predicted octanol–water partition coefficient (Wildman–Crippen LogP) is 3.68. The SMILES string of the molecule is COc1ccc(/C=C(\C#N)C(=O)c2ccco2)cc1OC(F)F. The molecule has 5 nitrogen and oxygen atoms in total. The van der Waals surface area contributed by atoms with Crippen molar-refractivity contribution in [2.45, 2.75) is 6.61 Å². The van der Waals surface area contributed by atoms with Gasteiger partial charge in [0.2, 0.25) is 5.78 Å². The number of furan rings is 1. The first-order chi connectivity index (χ1) is 11.0. The van der Waals surface area contributed by atoms with Crippen LogP contribution in [0.5, 0.6) is 11.5 Å². The number of carbonyl (C=O) groups is 1. The zero-order valence-corrected chi connectivity index (χ0v) is 12.0. The van der Waals surface area contributed by atoms with E-state index in [2.05, 4.69) is 4.74 Å². The number of ether oxygens (including phenoxy) is 2. The second-order valence-corrected chi connectivity index (χ2v) is 4.27. The Morgan fingerprint density at radius 1 is 1.35 bits per heavy atom. The van der Waals surface area contributed by atoms with Crippen molar-refractivity contribution in [1.29, 1.82) is 5.26 Å². The summed E-state index contributed by atoms with van der Waals surface area (Å²) >= 11 is 0. The highest BCUT2D eigenvalue weighted by Gasteiger charge is 2.16. The van der Waals surface area contributed by atoms with Crippen molar-refractivity contribution in [1.82, 2.24) is 0 Å². The maximum Gasteiger partial charge on any atom is 0.387 e. The average Bonchev–Trinajstić information content (AvgIpc) is 3.06. The molecule has 0 radical (unpaired) electrons. The van der Waals surface area contributed by atoms with Crippen LogP contribution < -0.4 is 9.47 Å². The number of hydrogen-bond donors (Lipinski definition) is 0. The van der Waals surface area contributed by atoms with Gasteiger partial charge in [-0.25, -0.2) is 0 Å². The summed E-state index contributed by atoms with van der Waals surface area (Å²) in [5.41, 5.74) is 0.131. The van der Waals surface area contributed by atoms with E-state index >= 15 is 0 Å². The molecule has 0 N–H and O–H groups in total. The molecule has 0 bridgehead atoms. The van der Waals surface area contributed by atoms with Crippen molar-refractivity contribution < 1.29 is 27.5 Å². The van der Waals surface area contributed by atoms with Crippen LogP contribution >= 0.6 is 0 Å². The first-order valence-corrected chi connectivity index (χ1v) is 6.38. The third-order valence-corrected chi connectivity index (χ3v) is 2.82. The van der Waals surface area contributed by atoms with Crippen molar-refractivity contribution in [2.24, 2.45) is 0 Å². The van der Waals surface area contributed by atoms with Gasteiger partial charge in [-0.3, -0.25) is 4.79 Å². The van der Waals surface area contributed by atoms with Gasteiger partial charge in [0.25, 0.3) is 0 Å². The molecule has 0 aliphatic rings. The summed E-state index contributed by atoms with van der Waals surface area (Å²) in [6.45, 7) is -3.02. The fraction of sp³-hybridized carbons (Fsp3) is 0.125. The van der Waals surface area contributed by atoms with Gasteiger partial charge in [-0.05, 0) is 35.9 Å². The molecule has 1 aromatic heterocycles. The normalized spacial score (nSPS) is 11.2. The van der Waals surface area contributed by atoms with Crippen molar-refractivity contribution in [3.8, 4) is 17.6 Å². The number of nitriles is 1. The molecule has 2 rings (SSSR count). The number of rotatable bonds is 6. The molecule has 1 aromatic carbocycles. The zero-order chi connectivity index (χ0) is 16.8. The molecular weight excluding hydrogens is 308 g/mol. The van der Waals surface area contributed by atoms with E-state index in [9.17, 15) is 13.6 Å². The molecular formula is C16H11F2NO4. The number of ketones is 1. The van der Waals surface area contributed by atoms with E-state index in [1.165, 1.54) is 49.8 Å². The van der Waals surface area contributed by atoms with Gasteiger partial charge in [-0.1, -0.05) is 6.07 Å². The lowest BCUT2D eigenvalue weighted by atomic mass is 10.1. The number of nitrogens with zero attached hydrogens (tertiary/aromatic N) is 1. The Morgan fingerprint density at radius 3 is 2.70 bits per heavy atom. The molecule has 0 amide bonds. The number of halogens is 2. The highest BCUT2D eigenvalue weighted by Crippen LogP contribution is 2.30. The van der Waals surface area contributed by atoms with E-state index in [0.717, 1.165) is 0 Å². The monoisotopic (exact) mass is 319 g/mol. The maximum absolute atomic E-state index is 12.4. The first kappa shape index (κ1) is 16.2. The molecule has 0 unspecified atom stereocenters. The predicted molar refractivity (Wildman–Crippen MR) is 76.3 cm³/mol. The summed E-state index contributed by atoms with van der Waals surface area (Å²) in [6.07, 6.45) is 2.56. The van der Waals surface area contributed by atoms with E-state index in [1.807, 2.05) is 0 Å². The quantitative estimate of drug-likeness (QED) is 0.461. The Kier molecular flexibility index (Phi) is 5.10. The fourth-order valence-electron chi connectivity index (χ4n) is 1.83. The van der Waals surface area contributed by atoms with Gasteiger partial charge in [-0.2, -0.15) is 14.0 Å². The first-order valence-electron chi connectivity index (χ1n) is 6.38. The highest BCUT2D eigenvalue weighted by atomic mass is 19.3. The number of Topliss-reactive ketones (excluding diaryl/α,β-unsaturated/α-hetero) is 1. The van der Waals surface area contributed by atoms with Crippen molar-refractivity contribution in [2.75, 3.05) is 7.11 Å². The summed E-state index contributed by atoms with van der Waals surface area (Å²) in [7, 11) is 1.31. The van der Waals surface area contributed by atoms with E-state index in [4.69, 9.17) is 14.4 Å². The van der Waals surface area contributed by atoms with E-state index in [0.29, 0.717) is 5.56 Å². The molecule has 0 spiro atoms. The van der Waals surface area contributed by atoms with Gasteiger partial charge in [0.15, 0.2) is 17.3 Å². The number of carbonyl (C=O) groups excluding carboxylic acids is 1. The van der Waals surface area contributed by atoms with Gasteiger partial charge < -0.3 is 13.9 Å². The molecule has 118 valence electrons. The van der Waals surface area contributed by atoms with Crippen LogP contribution in [0, 0.1) is 11.3 Å². The number of methoxy groups -OCH3 is 1. The molecule has 23 heavy (non-hydrogen) atoms. The van der Waals surface area contributed by atoms with Gasteiger partial charge in [0, 0.05) is 0 Å². The molecule has 0 aliphatic carbocycles. The third-order valence-electron chi connectivity index (χ3n) is 2.82. The Bertz CT molecular complexity index is 761. The van der Waals surface area contributed by atoms with Crippen LogP contribution in [0.4, 0.5) is 8.78 Å². The third kappa shape index (κ3) is 3.95. The summed E-state index contributed by atoms with van der Waals surface area (Å²) in [5.74, 6) is -0.683. The molecule has 0 aliphatic heterocycles.